The Labute approximate surface area is 120 Å². The molecule has 2 atom stereocenters. The van der Waals surface area contributed by atoms with Crippen molar-refractivity contribution in [2.24, 2.45) is 0 Å². The van der Waals surface area contributed by atoms with Crippen molar-refractivity contribution in [2.75, 3.05) is 18.2 Å². The van der Waals surface area contributed by atoms with Gasteiger partial charge < -0.3 is 4.90 Å². The van der Waals surface area contributed by atoms with E-state index < -0.39 is 15.1 Å². The second kappa shape index (κ2) is 6.44. The highest BCUT2D eigenvalue weighted by atomic mass is 35.5. The number of amides is 1. The van der Waals surface area contributed by atoms with Crippen LogP contribution in [0.4, 0.5) is 0 Å². The van der Waals surface area contributed by atoms with Crippen LogP contribution in [0.15, 0.2) is 0 Å². The van der Waals surface area contributed by atoms with Gasteiger partial charge >= 0.3 is 0 Å². The number of nitrogens with zero attached hydrogens (tertiary/aromatic N) is 1. The smallest absolute Gasteiger partial charge is 0.241 e. The zero-order chi connectivity index (χ0) is 13.9. The van der Waals surface area contributed by atoms with Gasteiger partial charge in [0.2, 0.25) is 5.91 Å². The first-order chi connectivity index (χ1) is 9.06. The first-order valence-corrected chi connectivity index (χ1v) is 9.39. The van der Waals surface area contributed by atoms with Gasteiger partial charge in [-0.25, -0.2) is 8.42 Å². The van der Waals surface area contributed by atoms with Gasteiger partial charge in [-0.05, 0) is 25.7 Å². The third-order valence-corrected chi connectivity index (χ3v) is 6.71. The van der Waals surface area contributed by atoms with E-state index in [1.807, 2.05) is 0 Å². The molecule has 4 nitrogen and oxygen atoms in total. The number of alkyl halides is 1. The molecule has 2 saturated heterocycles. The molecule has 110 valence electrons. The molecule has 2 aliphatic rings. The highest BCUT2D eigenvalue weighted by molar-refractivity contribution is 7.92. The average molecular weight is 308 g/mol. The molecule has 2 aliphatic heterocycles. The number of hydrogen-bond donors (Lipinski definition) is 0. The second-order valence-electron chi connectivity index (χ2n) is 5.54. The number of likely N-dealkylation sites (tertiary alicyclic amines) is 1. The second-order valence-corrected chi connectivity index (χ2v) is 8.15. The van der Waals surface area contributed by atoms with Gasteiger partial charge in [-0.2, -0.15) is 0 Å². The molecule has 2 fully saturated rings. The van der Waals surface area contributed by atoms with Crippen LogP contribution in [0.3, 0.4) is 0 Å². The molecule has 0 radical (unpaired) electrons. The fourth-order valence-electron chi connectivity index (χ4n) is 3.04. The maximum atomic E-state index is 12.6. The lowest BCUT2D eigenvalue weighted by atomic mass is 10.1. The molecule has 0 aromatic rings. The minimum Gasteiger partial charge on any atom is -0.337 e. The van der Waals surface area contributed by atoms with Crippen molar-refractivity contribution in [2.45, 2.75) is 56.2 Å². The molecule has 19 heavy (non-hydrogen) atoms. The Morgan fingerprint density at radius 2 is 1.84 bits per heavy atom. The molecule has 2 rings (SSSR count). The van der Waals surface area contributed by atoms with Gasteiger partial charge in [0, 0.05) is 18.5 Å². The van der Waals surface area contributed by atoms with E-state index in [0.29, 0.717) is 25.3 Å². The van der Waals surface area contributed by atoms with Crippen molar-refractivity contribution in [1.82, 2.24) is 4.90 Å². The molecular weight excluding hydrogens is 286 g/mol. The first kappa shape index (κ1) is 15.1. The molecule has 0 N–H and O–H groups in total. The summed E-state index contributed by atoms with van der Waals surface area (Å²) < 4.78 is 24.1. The number of hydrogen-bond acceptors (Lipinski definition) is 3. The van der Waals surface area contributed by atoms with Crippen LogP contribution in [0.1, 0.15) is 44.9 Å². The Morgan fingerprint density at radius 1 is 1.11 bits per heavy atom. The van der Waals surface area contributed by atoms with E-state index in [-0.39, 0.29) is 17.7 Å². The van der Waals surface area contributed by atoms with Crippen molar-refractivity contribution in [3.8, 4) is 0 Å². The molecule has 0 aliphatic carbocycles. The van der Waals surface area contributed by atoms with E-state index in [4.69, 9.17) is 11.6 Å². The van der Waals surface area contributed by atoms with Gasteiger partial charge in [-0.1, -0.05) is 19.3 Å². The summed E-state index contributed by atoms with van der Waals surface area (Å²) in [4.78, 5) is 14.3. The standard InChI is InChI=1S/C13H22ClNO3S/c14-10-11-6-2-1-4-8-15(11)13(16)12-7-3-5-9-19(12,17)18/h11-12H,1-10H2. The number of carbonyl (C=O) groups excluding carboxylic acids is 1. The van der Waals surface area contributed by atoms with Crippen LogP contribution in [-0.2, 0) is 14.6 Å². The highest BCUT2D eigenvalue weighted by Crippen LogP contribution is 2.25. The van der Waals surface area contributed by atoms with Crippen molar-refractivity contribution in [3.05, 3.63) is 0 Å². The summed E-state index contributed by atoms with van der Waals surface area (Å²) in [5.41, 5.74) is 0. The van der Waals surface area contributed by atoms with Crippen LogP contribution >= 0.6 is 11.6 Å². The van der Waals surface area contributed by atoms with E-state index >= 15 is 0 Å². The number of sulfone groups is 1. The van der Waals surface area contributed by atoms with E-state index in [1.54, 1.807) is 4.90 Å². The maximum Gasteiger partial charge on any atom is 0.241 e. The minimum absolute atomic E-state index is 0.00814. The molecule has 2 heterocycles. The summed E-state index contributed by atoms with van der Waals surface area (Å²) in [6, 6.07) is 0.00814. The Balaban J connectivity index is 2.16. The van der Waals surface area contributed by atoms with E-state index in [1.165, 1.54) is 0 Å². The van der Waals surface area contributed by atoms with Gasteiger partial charge in [-0.15, -0.1) is 11.6 Å². The maximum absolute atomic E-state index is 12.6. The van der Waals surface area contributed by atoms with Crippen LogP contribution in [-0.4, -0.2) is 48.7 Å². The summed E-state index contributed by atoms with van der Waals surface area (Å²) in [5, 5.41) is -0.815. The van der Waals surface area contributed by atoms with E-state index in [9.17, 15) is 13.2 Å². The fourth-order valence-corrected chi connectivity index (χ4v) is 5.23. The first-order valence-electron chi connectivity index (χ1n) is 7.14. The minimum atomic E-state index is -3.25. The zero-order valence-corrected chi connectivity index (χ0v) is 12.8. The van der Waals surface area contributed by atoms with Gasteiger partial charge in [-0.3, -0.25) is 4.79 Å². The Hall–Kier alpha value is -0.290. The Morgan fingerprint density at radius 3 is 2.53 bits per heavy atom. The van der Waals surface area contributed by atoms with Crippen LogP contribution in [0.2, 0.25) is 0 Å². The van der Waals surface area contributed by atoms with Gasteiger partial charge in [0.1, 0.15) is 5.25 Å². The molecule has 0 aromatic heterocycles. The highest BCUT2D eigenvalue weighted by Gasteiger charge is 2.39. The summed E-state index contributed by atoms with van der Waals surface area (Å²) >= 11 is 5.96. The molecule has 1 amide bonds. The lowest BCUT2D eigenvalue weighted by Gasteiger charge is -2.33. The number of halogens is 1. The van der Waals surface area contributed by atoms with Crippen molar-refractivity contribution in [1.29, 1.82) is 0 Å². The molecule has 6 heteroatoms. The number of carbonyl (C=O) groups is 1. The Kier molecular flexibility index (Phi) is 5.12. The predicted octanol–water partition coefficient (Wildman–Crippen LogP) is 1.96. The number of rotatable bonds is 2. The van der Waals surface area contributed by atoms with Crippen molar-refractivity contribution >= 4 is 27.3 Å². The summed E-state index contributed by atoms with van der Waals surface area (Å²) in [5.74, 6) is 0.355. The largest absolute Gasteiger partial charge is 0.337 e. The van der Waals surface area contributed by atoms with E-state index in [2.05, 4.69) is 0 Å². The van der Waals surface area contributed by atoms with Crippen molar-refractivity contribution in [3.63, 3.8) is 0 Å². The molecule has 2 unspecified atom stereocenters. The van der Waals surface area contributed by atoms with Crippen LogP contribution in [0.5, 0.6) is 0 Å². The monoisotopic (exact) mass is 307 g/mol. The van der Waals surface area contributed by atoms with E-state index in [0.717, 1.165) is 32.1 Å². The van der Waals surface area contributed by atoms with Crippen LogP contribution in [0.25, 0.3) is 0 Å². The summed E-state index contributed by atoms with van der Waals surface area (Å²) in [6.45, 7) is 0.655. The predicted molar refractivity (Wildman–Crippen MR) is 76.1 cm³/mol. The zero-order valence-electron chi connectivity index (χ0n) is 11.2. The van der Waals surface area contributed by atoms with Gasteiger partial charge in [0.15, 0.2) is 9.84 Å². The van der Waals surface area contributed by atoms with Crippen LogP contribution < -0.4 is 0 Å². The van der Waals surface area contributed by atoms with Crippen LogP contribution in [0, 0.1) is 0 Å². The molecule has 0 saturated carbocycles. The molecule has 0 bridgehead atoms. The average Bonchev–Trinajstić information content (AvgIpc) is 2.62. The summed E-state index contributed by atoms with van der Waals surface area (Å²) in [6.07, 6.45) is 5.99. The molecular formula is C13H22ClNO3S. The van der Waals surface area contributed by atoms with Gasteiger partial charge in [0.05, 0.1) is 5.75 Å². The SMILES string of the molecule is O=C(C1CCCCS1(=O)=O)N1CCCCCC1CCl. The quantitative estimate of drug-likeness (QED) is 0.733. The topological polar surface area (TPSA) is 54.5 Å². The van der Waals surface area contributed by atoms with Crippen molar-refractivity contribution < 1.29 is 13.2 Å². The lowest BCUT2D eigenvalue weighted by molar-refractivity contribution is -0.132. The van der Waals surface area contributed by atoms with Gasteiger partial charge in [0.25, 0.3) is 0 Å². The normalized spacial score (nSPS) is 31.7. The lowest BCUT2D eigenvalue weighted by Crippen LogP contribution is -2.50. The molecule has 0 aromatic carbocycles. The Bertz CT molecular complexity index is 424. The third-order valence-electron chi connectivity index (χ3n) is 4.19. The molecule has 0 spiro atoms. The fraction of sp³-hybridized carbons (Fsp3) is 0.923. The summed E-state index contributed by atoms with van der Waals surface area (Å²) in [7, 11) is -3.25. The third kappa shape index (κ3) is 3.43.